The van der Waals surface area contributed by atoms with Crippen LogP contribution in [0.1, 0.15) is 29.1 Å². The summed E-state index contributed by atoms with van der Waals surface area (Å²) in [5, 5.41) is 17.6. The molecule has 35 heavy (non-hydrogen) atoms. The number of nitro groups is 1. The standard InChI is InChI=1S/C30H22BrNO2S/c1-17-16-18-10-4-5-11-19(18)24(27(17)30(2,3)31)25-20-12-6-7-13-21(20)29-26(28(25)32(33)34)22-14-8-9-15-23(22)35-29/h4-16H,1-3H3/i1D3. The average Bonchev–Trinajstić information content (AvgIpc) is 3.25. The predicted molar refractivity (Wildman–Crippen MR) is 153 cm³/mol. The normalized spacial score (nSPS) is 13.9. The number of alkyl halides is 1. The molecule has 5 aromatic carbocycles. The maximum atomic E-state index is 13.1. The van der Waals surface area contributed by atoms with E-state index in [-0.39, 0.29) is 16.2 Å². The van der Waals surface area contributed by atoms with E-state index in [9.17, 15) is 10.1 Å². The first-order valence-corrected chi connectivity index (χ1v) is 12.9. The van der Waals surface area contributed by atoms with Gasteiger partial charge in [0.05, 0.1) is 20.6 Å². The van der Waals surface area contributed by atoms with Crippen LogP contribution in [0.3, 0.4) is 0 Å². The van der Waals surface area contributed by atoms with E-state index in [0.29, 0.717) is 22.1 Å². The van der Waals surface area contributed by atoms with E-state index in [0.717, 1.165) is 36.3 Å². The number of benzene rings is 5. The molecular weight excluding hydrogens is 518 g/mol. The fourth-order valence-electron chi connectivity index (χ4n) is 5.28. The second-order valence-electron chi connectivity index (χ2n) is 9.20. The van der Waals surface area contributed by atoms with E-state index in [4.69, 9.17) is 4.11 Å². The lowest BCUT2D eigenvalue weighted by atomic mass is 9.82. The quantitative estimate of drug-likeness (QED) is 0.127. The third-order valence-electron chi connectivity index (χ3n) is 6.59. The number of hydrogen-bond donors (Lipinski definition) is 0. The van der Waals surface area contributed by atoms with Crippen molar-refractivity contribution in [3.8, 4) is 11.1 Å². The van der Waals surface area contributed by atoms with Gasteiger partial charge in [-0.25, -0.2) is 0 Å². The molecule has 172 valence electrons. The Morgan fingerprint density at radius 2 is 1.51 bits per heavy atom. The van der Waals surface area contributed by atoms with Crippen molar-refractivity contribution in [2.24, 2.45) is 0 Å². The fraction of sp³-hybridized carbons (Fsp3) is 0.133. The van der Waals surface area contributed by atoms with E-state index >= 15 is 0 Å². The van der Waals surface area contributed by atoms with Gasteiger partial charge in [0, 0.05) is 29.5 Å². The van der Waals surface area contributed by atoms with Crippen LogP contribution in [0.4, 0.5) is 5.69 Å². The summed E-state index contributed by atoms with van der Waals surface area (Å²) in [6, 6.07) is 24.7. The van der Waals surface area contributed by atoms with Gasteiger partial charge in [0.1, 0.15) is 0 Å². The molecule has 6 rings (SSSR count). The summed E-state index contributed by atoms with van der Waals surface area (Å²) >= 11 is 5.30. The molecule has 3 nitrogen and oxygen atoms in total. The molecule has 0 unspecified atom stereocenters. The molecule has 0 N–H and O–H groups in total. The molecule has 0 fully saturated rings. The van der Waals surface area contributed by atoms with Crippen LogP contribution in [0.15, 0.2) is 78.9 Å². The molecule has 0 amide bonds. The third kappa shape index (κ3) is 3.29. The summed E-state index contributed by atoms with van der Waals surface area (Å²) < 4.78 is 26.3. The Hall–Kier alpha value is -3.28. The first-order valence-electron chi connectivity index (χ1n) is 12.7. The molecule has 0 aliphatic carbocycles. The van der Waals surface area contributed by atoms with Gasteiger partial charge in [-0.3, -0.25) is 10.1 Å². The molecule has 0 atom stereocenters. The Morgan fingerprint density at radius 1 is 0.886 bits per heavy atom. The zero-order valence-corrected chi connectivity index (χ0v) is 21.5. The van der Waals surface area contributed by atoms with Crippen molar-refractivity contribution in [3.05, 3.63) is 100 Å². The third-order valence-corrected chi connectivity index (χ3v) is 8.19. The first kappa shape index (κ1) is 19.0. The van der Waals surface area contributed by atoms with Crippen LogP contribution in [0.5, 0.6) is 0 Å². The zero-order chi connectivity index (χ0) is 27.0. The van der Waals surface area contributed by atoms with Crippen molar-refractivity contribution in [2.75, 3.05) is 0 Å². The molecule has 0 spiro atoms. The lowest BCUT2D eigenvalue weighted by Crippen LogP contribution is -2.12. The van der Waals surface area contributed by atoms with E-state index in [1.807, 2.05) is 86.6 Å². The highest BCUT2D eigenvalue weighted by atomic mass is 79.9. The number of halogens is 1. The summed E-state index contributed by atoms with van der Waals surface area (Å²) in [4.78, 5) is 12.8. The number of rotatable bonds is 3. The van der Waals surface area contributed by atoms with E-state index < -0.39 is 11.2 Å². The van der Waals surface area contributed by atoms with Crippen molar-refractivity contribution in [1.29, 1.82) is 0 Å². The molecule has 1 heterocycles. The Kier molecular flexibility index (Phi) is 4.27. The topological polar surface area (TPSA) is 43.1 Å². The summed E-state index contributed by atoms with van der Waals surface area (Å²) in [5.41, 5.74) is 1.75. The lowest BCUT2D eigenvalue weighted by molar-refractivity contribution is -0.382. The molecule has 0 aliphatic heterocycles. The van der Waals surface area contributed by atoms with Gasteiger partial charge in [-0.05, 0) is 54.1 Å². The van der Waals surface area contributed by atoms with Gasteiger partial charge in [-0.2, -0.15) is 0 Å². The number of thiophene rings is 1. The molecular formula is C30H22BrNO2S. The van der Waals surface area contributed by atoms with Crippen molar-refractivity contribution < 1.29 is 9.04 Å². The Bertz CT molecular complexity index is 1940. The monoisotopic (exact) mass is 542 g/mol. The minimum atomic E-state index is -2.43. The van der Waals surface area contributed by atoms with E-state index in [1.165, 1.54) is 0 Å². The van der Waals surface area contributed by atoms with Crippen molar-refractivity contribution in [2.45, 2.75) is 25.0 Å². The average molecular weight is 544 g/mol. The first-order chi connectivity index (χ1) is 18.0. The Morgan fingerprint density at radius 3 is 2.20 bits per heavy atom. The second-order valence-corrected chi connectivity index (χ2v) is 12.2. The smallest absolute Gasteiger partial charge is 0.258 e. The zero-order valence-electron chi connectivity index (χ0n) is 22.1. The predicted octanol–water partition coefficient (Wildman–Crippen LogP) is 9.87. The lowest BCUT2D eigenvalue weighted by Gasteiger charge is -2.26. The van der Waals surface area contributed by atoms with Gasteiger partial charge < -0.3 is 0 Å². The van der Waals surface area contributed by atoms with Gasteiger partial charge in [0.2, 0.25) is 0 Å². The van der Waals surface area contributed by atoms with Gasteiger partial charge in [0.15, 0.2) is 0 Å². The van der Waals surface area contributed by atoms with Gasteiger partial charge in [-0.15, -0.1) is 11.3 Å². The maximum absolute atomic E-state index is 13.1. The maximum Gasteiger partial charge on any atom is 0.287 e. The minimum absolute atomic E-state index is 0.00185. The molecule has 0 radical (unpaired) electrons. The van der Waals surface area contributed by atoms with Crippen LogP contribution in [0.25, 0.3) is 52.8 Å². The molecule has 0 bridgehead atoms. The SMILES string of the molecule is [2H]C([2H])([2H])c1cc2ccccc2c(-c2c([N+](=O)[O-])c3c4ccccc4sc3c3ccccc23)c1C(C)(C)Br. The van der Waals surface area contributed by atoms with Crippen molar-refractivity contribution in [3.63, 3.8) is 0 Å². The number of aryl methyl sites for hydroxylation is 1. The number of nitrogens with zero attached hydrogens (tertiary/aromatic N) is 1. The molecule has 0 aliphatic rings. The van der Waals surface area contributed by atoms with Crippen LogP contribution in [-0.2, 0) is 4.32 Å². The summed E-state index contributed by atoms with van der Waals surface area (Å²) in [7, 11) is 0. The molecule has 5 heteroatoms. The summed E-state index contributed by atoms with van der Waals surface area (Å²) in [6.07, 6.45) is 0. The van der Waals surface area contributed by atoms with Crippen molar-refractivity contribution in [1.82, 2.24) is 0 Å². The number of nitro benzene ring substituents is 1. The second kappa shape index (κ2) is 7.87. The molecule has 6 aromatic rings. The van der Waals surface area contributed by atoms with Crippen LogP contribution < -0.4 is 0 Å². The van der Waals surface area contributed by atoms with Crippen LogP contribution in [0, 0.1) is 17.0 Å². The van der Waals surface area contributed by atoms with E-state index in [2.05, 4.69) is 15.9 Å². The van der Waals surface area contributed by atoms with Gasteiger partial charge in [0.25, 0.3) is 5.69 Å². The largest absolute Gasteiger partial charge is 0.287 e. The van der Waals surface area contributed by atoms with Gasteiger partial charge >= 0.3 is 0 Å². The fourth-order valence-corrected chi connectivity index (χ4v) is 6.94. The van der Waals surface area contributed by atoms with Crippen LogP contribution >= 0.6 is 27.3 Å². The summed E-state index contributed by atoms with van der Waals surface area (Å²) in [5.74, 6) is 0. The Labute approximate surface area is 219 Å². The highest BCUT2D eigenvalue weighted by Gasteiger charge is 2.33. The van der Waals surface area contributed by atoms with Crippen LogP contribution in [0.2, 0.25) is 0 Å². The minimum Gasteiger partial charge on any atom is -0.258 e. The molecule has 0 saturated heterocycles. The molecule has 0 saturated carbocycles. The molecule has 1 aromatic heterocycles. The van der Waals surface area contributed by atoms with Crippen molar-refractivity contribution >= 4 is 74.7 Å². The highest BCUT2D eigenvalue weighted by molar-refractivity contribution is 9.09. The number of fused-ring (bicyclic) bond motifs is 6. The number of hydrogen-bond acceptors (Lipinski definition) is 3. The summed E-state index contributed by atoms with van der Waals surface area (Å²) in [6.45, 7) is 1.35. The van der Waals surface area contributed by atoms with Crippen LogP contribution in [-0.4, -0.2) is 4.92 Å². The highest BCUT2D eigenvalue weighted by Crippen LogP contribution is 2.53. The Balaban J connectivity index is 1.99. The van der Waals surface area contributed by atoms with E-state index in [1.54, 1.807) is 17.4 Å². The van der Waals surface area contributed by atoms with Gasteiger partial charge in [-0.1, -0.05) is 88.7 Å².